The Morgan fingerprint density at radius 2 is 2.14 bits per heavy atom. The second-order valence-corrected chi connectivity index (χ2v) is 2.92. The van der Waals surface area contributed by atoms with E-state index in [0.717, 1.165) is 6.20 Å². The maximum absolute atomic E-state index is 13.2. The highest BCUT2D eigenvalue weighted by Gasteiger charge is 2.07. The van der Waals surface area contributed by atoms with E-state index in [-0.39, 0.29) is 11.0 Å². The van der Waals surface area contributed by atoms with Crippen molar-refractivity contribution in [1.29, 1.82) is 0 Å². The van der Waals surface area contributed by atoms with Gasteiger partial charge in [-0.15, -0.1) is 0 Å². The average molecular weight is 210 g/mol. The molecule has 70 valence electrons. The van der Waals surface area contributed by atoms with E-state index in [4.69, 9.17) is 11.6 Å². The van der Waals surface area contributed by atoms with Gasteiger partial charge in [-0.3, -0.25) is 4.98 Å². The molecule has 14 heavy (non-hydrogen) atoms. The van der Waals surface area contributed by atoms with Crippen molar-refractivity contribution in [3.8, 4) is 11.3 Å². The Labute approximate surface area is 84.6 Å². The normalized spacial score (nSPS) is 10.1. The van der Waals surface area contributed by atoms with Crippen LogP contribution in [-0.2, 0) is 0 Å². The second kappa shape index (κ2) is 3.67. The fraction of sp³-hybridized carbons (Fsp3) is 0. The van der Waals surface area contributed by atoms with E-state index in [0.29, 0.717) is 5.56 Å². The number of pyridine rings is 1. The molecule has 3 nitrogen and oxygen atoms in total. The molecule has 5 heteroatoms. The number of hydrogen-bond donors (Lipinski definition) is 0. The first-order valence-electron chi connectivity index (χ1n) is 3.86. The zero-order valence-electron chi connectivity index (χ0n) is 6.98. The van der Waals surface area contributed by atoms with Crippen LogP contribution in [0.3, 0.4) is 0 Å². The molecular weight excluding hydrogens is 205 g/mol. The highest BCUT2D eigenvalue weighted by atomic mass is 35.5. The Morgan fingerprint density at radius 1 is 1.29 bits per heavy atom. The van der Waals surface area contributed by atoms with Gasteiger partial charge < -0.3 is 0 Å². The van der Waals surface area contributed by atoms with Gasteiger partial charge in [0.1, 0.15) is 5.69 Å². The smallest absolute Gasteiger partial charge is 0.223 e. The minimum absolute atomic E-state index is 0.0188. The molecule has 0 bridgehead atoms. The molecule has 0 atom stereocenters. The maximum Gasteiger partial charge on any atom is 0.223 e. The number of nitrogens with zero attached hydrogens (tertiary/aromatic N) is 3. The molecule has 0 spiro atoms. The Kier molecular flexibility index (Phi) is 2.37. The molecule has 0 aromatic carbocycles. The van der Waals surface area contributed by atoms with Gasteiger partial charge in [-0.2, -0.15) is 0 Å². The second-order valence-electron chi connectivity index (χ2n) is 2.58. The topological polar surface area (TPSA) is 38.7 Å². The predicted molar refractivity (Wildman–Crippen MR) is 50.2 cm³/mol. The highest BCUT2D eigenvalue weighted by molar-refractivity contribution is 6.28. The van der Waals surface area contributed by atoms with Gasteiger partial charge in [-0.25, -0.2) is 14.4 Å². The van der Waals surface area contributed by atoms with Crippen molar-refractivity contribution >= 4 is 11.6 Å². The third-order valence-electron chi connectivity index (χ3n) is 1.65. The van der Waals surface area contributed by atoms with Crippen LogP contribution in [0.5, 0.6) is 0 Å². The predicted octanol–water partition coefficient (Wildman–Crippen LogP) is 2.33. The van der Waals surface area contributed by atoms with E-state index < -0.39 is 5.82 Å². The summed E-state index contributed by atoms with van der Waals surface area (Å²) >= 11 is 5.56. The van der Waals surface area contributed by atoms with Crippen molar-refractivity contribution < 1.29 is 4.39 Å². The molecule has 0 amide bonds. The van der Waals surface area contributed by atoms with E-state index in [9.17, 15) is 4.39 Å². The summed E-state index contributed by atoms with van der Waals surface area (Å²) in [6, 6.07) is 3.40. The minimum Gasteiger partial charge on any atom is -0.264 e. The summed E-state index contributed by atoms with van der Waals surface area (Å²) in [7, 11) is 0. The van der Waals surface area contributed by atoms with Crippen LogP contribution in [0.15, 0.2) is 30.7 Å². The molecule has 0 N–H and O–H groups in total. The Morgan fingerprint density at radius 3 is 2.86 bits per heavy atom. The lowest BCUT2D eigenvalue weighted by Gasteiger charge is -2.00. The zero-order chi connectivity index (χ0) is 9.97. The number of halogens is 2. The lowest BCUT2D eigenvalue weighted by atomic mass is 10.2. The summed E-state index contributed by atoms with van der Waals surface area (Å²) in [4.78, 5) is 11.2. The molecule has 0 aliphatic rings. The van der Waals surface area contributed by atoms with Crippen LogP contribution in [0, 0.1) is 5.82 Å². The summed E-state index contributed by atoms with van der Waals surface area (Å²) < 4.78 is 13.2. The molecular formula is C9H5ClFN3. The van der Waals surface area contributed by atoms with Gasteiger partial charge in [0, 0.05) is 18.0 Å². The van der Waals surface area contributed by atoms with Crippen LogP contribution in [0.2, 0.25) is 5.28 Å². The van der Waals surface area contributed by atoms with Crippen LogP contribution in [0.4, 0.5) is 4.39 Å². The van der Waals surface area contributed by atoms with Crippen LogP contribution in [0.25, 0.3) is 11.3 Å². The minimum atomic E-state index is -0.512. The summed E-state index contributed by atoms with van der Waals surface area (Å²) in [6.45, 7) is 0. The molecule has 2 heterocycles. The van der Waals surface area contributed by atoms with Crippen LogP contribution in [-0.4, -0.2) is 15.0 Å². The van der Waals surface area contributed by atoms with Crippen molar-refractivity contribution in [2.24, 2.45) is 0 Å². The van der Waals surface area contributed by atoms with Crippen molar-refractivity contribution in [3.05, 3.63) is 41.8 Å². The van der Waals surface area contributed by atoms with E-state index in [1.807, 2.05) is 0 Å². The molecule has 2 aromatic heterocycles. The zero-order valence-corrected chi connectivity index (χ0v) is 7.74. The van der Waals surface area contributed by atoms with Gasteiger partial charge in [0.15, 0.2) is 5.82 Å². The molecule has 0 aliphatic carbocycles. The molecule has 0 fully saturated rings. The Balaban J connectivity index is 2.57. The first-order valence-corrected chi connectivity index (χ1v) is 4.23. The highest BCUT2D eigenvalue weighted by Crippen LogP contribution is 2.19. The standard InChI is InChI=1S/C9H5ClFN3/c10-9-13-5-7(11)8(14-9)6-2-1-3-12-4-6/h1-5H. The van der Waals surface area contributed by atoms with Crippen molar-refractivity contribution in [2.45, 2.75) is 0 Å². The molecule has 0 aliphatic heterocycles. The summed E-state index contributed by atoms with van der Waals surface area (Å²) in [6.07, 6.45) is 4.16. The van der Waals surface area contributed by atoms with Crippen LogP contribution < -0.4 is 0 Å². The van der Waals surface area contributed by atoms with Crippen LogP contribution >= 0.6 is 11.6 Å². The number of rotatable bonds is 1. The summed E-state index contributed by atoms with van der Waals surface area (Å²) in [5.74, 6) is -0.512. The van der Waals surface area contributed by atoms with Gasteiger partial charge in [-0.1, -0.05) is 0 Å². The molecule has 0 saturated carbocycles. The van der Waals surface area contributed by atoms with Gasteiger partial charge in [-0.05, 0) is 23.7 Å². The van der Waals surface area contributed by atoms with Crippen molar-refractivity contribution in [1.82, 2.24) is 15.0 Å². The third-order valence-corrected chi connectivity index (χ3v) is 1.83. The van der Waals surface area contributed by atoms with E-state index in [1.54, 1.807) is 18.3 Å². The first-order chi connectivity index (χ1) is 6.77. The van der Waals surface area contributed by atoms with Gasteiger partial charge >= 0.3 is 0 Å². The largest absolute Gasteiger partial charge is 0.264 e. The first kappa shape index (κ1) is 9.02. The lowest BCUT2D eigenvalue weighted by Crippen LogP contribution is -1.92. The van der Waals surface area contributed by atoms with Gasteiger partial charge in [0.2, 0.25) is 5.28 Å². The maximum atomic E-state index is 13.2. The molecule has 0 unspecified atom stereocenters. The fourth-order valence-corrected chi connectivity index (χ4v) is 1.18. The quantitative estimate of drug-likeness (QED) is 0.677. The number of aromatic nitrogens is 3. The Hall–Kier alpha value is -1.55. The van der Waals surface area contributed by atoms with Crippen molar-refractivity contribution in [2.75, 3.05) is 0 Å². The number of hydrogen-bond acceptors (Lipinski definition) is 3. The third kappa shape index (κ3) is 1.70. The molecule has 0 saturated heterocycles. The monoisotopic (exact) mass is 209 g/mol. The van der Waals surface area contributed by atoms with E-state index >= 15 is 0 Å². The lowest BCUT2D eigenvalue weighted by molar-refractivity contribution is 0.618. The van der Waals surface area contributed by atoms with Gasteiger partial charge in [0.25, 0.3) is 0 Å². The SMILES string of the molecule is Fc1cnc(Cl)nc1-c1cccnc1. The fourth-order valence-electron chi connectivity index (χ4n) is 1.05. The van der Waals surface area contributed by atoms with Crippen LogP contribution in [0.1, 0.15) is 0 Å². The molecule has 0 radical (unpaired) electrons. The summed E-state index contributed by atoms with van der Waals surface area (Å²) in [5.41, 5.74) is 0.743. The van der Waals surface area contributed by atoms with E-state index in [2.05, 4.69) is 15.0 Å². The van der Waals surface area contributed by atoms with E-state index in [1.165, 1.54) is 6.20 Å². The Bertz CT molecular complexity index is 447. The molecule has 2 rings (SSSR count). The average Bonchev–Trinajstić information content (AvgIpc) is 2.23. The molecule has 2 aromatic rings. The summed E-state index contributed by atoms with van der Waals surface area (Å²) in [5, 5.41) is 0.0188. The van der Waals surface area contributed by atoms with Gasteiger partial charge in [0.05, 0.1) is 6.20 Å². The van der Waals surface area contributed by atoms with Crippen molar-refractivity contribution in [3.63, 3.8) is 0 Å².